The van der Waals surface area contributed by atoms with Crippen LogP contribution in [0.15, 0.2) is 89.1 Å². The number of fused-ring (bicyclic) bond motifs is 15. The number of H-pyrrole nitrogens is 3. The van der Waals surface area contributed by atoms with Crippen molar-refractivity contribution in [3.05, 3.63) is 106 Å². The third kappa shape index (κ3) is 18.0. The summed E-state index contributed by atoms with van der Waals surface area (Å²) in [5.41, 5.74) is 31.9. The van der Waals surface area contributed by atoms with Gasteiger partial charge in [-0.15, -0.1) is 0 Å². The predicted octanol–water partition coefficient (Wildman–Crippen LogP) is -0.561. The first kappa shape index (κ1) is 93.9. The third-order valence-electron chi connectivity index (χ3n) is 22.8. The van der Waals surface area contributed by atoms with Crippen molar-refractivity contribution in [1.82, 2.24) is 102 Å². The van der Waals surface area contributed by atoms with Crippen LogP contribution in [0.25, 0.3) is 67.0 Å². The van der Waals surface area contributed by atoms with Crippen molar-refractivity contribution in [2.24, 2.45) is 5.92 Å². The van der Waals surface area contributed by atoms with Gasteiger partial charge in [-0.05, 0) is 25.1 Å². The standard InChI is InChI=1S/C22H25F2N9O11P2.C22H27N9O11P2.C21H25N9O13P2/c1-22(24)15-10(42-20(22)33-7-28-12-8(25)2-3-27-16(12)33)5-40-45(35,36)43-14-11(23)9(4-39-46(37,38)44-15)41-19(14)32-6-29-13-17(32)30-21(26)31-18(13)34;1-9-16-13(40-20(9)30-7-26-14-11(23)2-3-25-17(14)30)6-38-43(33,34)41-12-4-10(5-37-44(35,36)42-16)39-21(12)31-8-27-15-18(31)28-22(24)29-19(15)32;22-7-1-2-24-16-10(7)25-5-29(16)19-13(32)14-9(41-19)4-39-45(36,37)43-15-12(31)8(3-38-44(34,35)42-14)40-20(15)30-6-26-11-17(30)27-21(23)28-18(11)33/h2-3,6-7,9-11,14-15,19-20H,4-5H2,1H3,(H2,25,27)(H,35,36)(H,37,38)(H3,26,30,31,34);2-3,7-10,12-13,16,20-21H,4-6H2,1H3,(H2,23,25)(H,33,34)(H,35,36)(H3,24,28,29,32);1-2,5-6,8-9,12-15,19-20,31-32H,3-4H2,(H2,22,24)(H,34,35)(H,36,37)(H3,23,27,28,33)/t9-,10-,11?,14?,15?,19?,20?,22+;9-,10+,12-,13-,16+,20-,21-;8?,9?,12-,13-,14-,15-,19-,20-/m111/s1. The maximum atomic E-state index is 16.6. The molecular formula is C65H77F2N27O35P6. The highest BCUT2D eigenvalue weighted by Gasteiger charge is 2.62. The average molecular weight is 2020 g/mol. The van der Waals surface area contributed by atoms with Crippen molar-refractivity contribution < 1.29 is 158 Å². The fraction of sp³-hybridized carbons (Fsp3) is 0.492. The van der Waals surface area contributed by atoms with E-state index in [0.29, 0.717) is 16.9 Å². The van der Waals surface area contributed by atoms with E-state index >= 15 is 8.78 Å². The molecule has 70 heteroatoms. The van der Waals surface area contributed by atoms with Gasteiger partial charge >= 0.3 is 46.9 Å². The molecule has 0 aromatic carbocycles. The molecule has 12 aromatic rings. The molecule has 62 nitrogen and oxygen atoms in total. The summed E-state index contributed by atoms with van der Waals surface area (Å²) in [7, 11) is -30.2. The number of phosphoric ester groups is 6. The molecule has 9 aliphatic rings. The van der Waals surface area contributed by atoms with Crippen molar-refractivity contribution in [1.29, 1.82) is 0 Å². The number of halogens is 2. The molecule has 12 aromatic heterocycles. The van der Waals surface area contributed by atoms with Gasteiger partial charge in [0.1, 0.15) is 102 Å². The number of nitrogens with two attached hydrogens (primary N) is 6. The number of imidazole rings is 6. The topological polar surface area (TPSA) is 869 Å². The molecular weight excluding hydrogens is 1940 g/mol. The van der Waals surface area contributed by atoms with Crippen molar-refractivity contribution >= 4 is 149 Å². The number of rotatable bonds is 6. The maximum Gasteiger partial charge on any atom is 0.472 e. The molecule has 0 radical (unpaired) electrons. The number of pyridine rings is 3. The summed E-state index contributed by atoms with van der Waals surface area (Å²) in [6, 6.07) is 4.57. The smallest absolute Gasteiger partial charge is 0.397 e. The highest BCUT2D eigenvalue weighted by Crippen LogP contribution is 2.60. The Morgan fingerprint density at radius 2 is 0.741 bits per heavy atom. The largest absolute Gasteiger partial charge is 0.472 e. The lowest BCUT2D eigenvalue weighted by atomic mass is 9.98. The molecule has 21 heterocycles. The molecule has 21 rings (SSSR count). The molecule has 726 valence electrons. The number of nitrogens with zero attached hydrogens (tertiary/aromatic N) is 18. The Balaban J connectivity index is 0.000000130. The predicted molar refractivity (Wildman–Crippen MR) is 441 cm³/mol. The molecule has 29 atom stereocenters. The summed E-state index contributed by atoms with van der Waals surface area (Å²) in [4.78, 5) is 157. The Hall–Kier alpha value is -10.1. The quantitative estimate of drug-likeness (QED) is 0.0928. The highest BCUT2D eigenvalue weighted by molar-refractivity contribution is 7.48. The van der Waals surface area contributed by atoms with Gasteiger partial charge in [0, 0.05) is 30.9 Å². The monoisotopic (exact) mass is 2020 g/mol. The lowest BCUT2D eigenvalue weighted by Gasteiger charge is -2.29. The molecule has 0 saturated carbocycles. The van der Waals surface area contributed by atoms with E-state index in [2.05, 4.69) is 74.8 Å². The number of hydrogen-bond acceptors (Lipinski definition) is 47. The Labute approximate surface area is 747 Å². The Bertz CT molecular complexity index is 7130. The van der Waals surface area contributed by atoms with E-state index in [0.717, 1.165) is 33.3 Å². The minimum Gasteiger partial charge on any atom is -0.397 e. The fourth-order valence-electron chi connectivity index (χ4n) is 16.7. The molecule has 0 spiro atoms. The Morgan fingerprint density at radius 3 is 1.24 bits per heavy atom. The van der Waals surface area contributed by atoms with Gasteiger partial charge < -0.3 is 102 Å². The van der Waals surface area contributed by atoms with Crippen molar-refractivity contribution in [2.45, 2.75) is 155 Å². The Kier molecular flexibility index (Phi) is 24.4. The molecule has 9 saturated heterocycles. The van der Waals surface area contributed by atoms with Gasteiger partial charge in [-0.2, -0.15) is 15.0 Å². The lowest BCUT2D eigenvalue weighted by Crippen LogP contribution is -2.42. The number of anilines is 6. The first-order chi connectivity index (χ1) is 63.9. The Morgan fingerprint density at radius 1 is 0.385 bits per heavy atom. The van der Waals surface area contributed by atoms with E-state index in [1.54, 1.807) is 17.6 Å². The first-order valence-electron chi connectivity index (χ1n) is 39.8. The second-order valence-electron chi connectivity index (χ2n) is 31.6. The van der Waals surface area contributed by atoms with Crippen LogP contribution in [0.3, 0.4) is 0 Å². The molecule has 9 aliphatic heterocycles. The zero-order chi connectivity index (χ0) is 95.6. The van der Waals surface area contributed by atoms with Crippen LogP contribution in [-0.4, -0.2) is 279 Å². The zero-order valence-electron chi connectivity index (χ0n) is 68.6. The molecule has 9 fully saturated rings. The van der Waals surface area contributed by atoms with E-state index in [1.807, 2.05) is 0 Å². The number of phosphoric acid groups is 6. The van der Waals surface area contributed by atoms with Crippen molar-refractivity contribution in [3.63, 3.8) is 0 Å². The summed E-state index contributed by atoms with van der Waals surface area (Å²) in [5, 5.41) is 22.1. The van der Waals surface area contributed by atoms with Gasteiger partial charge in [0.15, 0.2) is 93.4 Å². The molecule has 135 heavy (non-hydrogen) atoms. The maximum absolute atomic E-state index is 16.6. The van der Waals surface area contributed by atoms with E-state index in [4.69, 9.17) is 117 Å². The number of ether oxygens (including phenoxy) is 6. The lowest BCUT2D eigenvalue weighted by molar-refractivity contribution is -0.0674. The van der Waals surface area contributed by atoms with Gasteiger partial charge in [0.25, 0.3) is 16.7 Å². The van der Waals surface area contributed by atoms with Crippen molar-refractivity contribution in [2.75, 3.05) is 74.0 Å². The van der Waals surface area contributed by atoms with E-state index in [1.165, 1.54) is 65.2 Å². The van der Waals surface area contributed by atoms with E-state index in [-0.39, 0.29) is 91.5 Å². The molecule has 6 bridgehead atoms. The van der Waals surface area contributed by atoms with Gasteiger partial charge in [-0.1, -0.05) is 6.92 Å². The molecule has 0 aliphatic carbocycles. The second-order valence-corrected chi connectivity index (χ2v) is 40.1. The SMILES string of the molecule is C[C@@H]1[C@@H]2OP(=O)(O)OC[C@@H]3C[C@@H](OP(=O)(O)OC[C@H]2O[C@H]1n1cnc2c(N)ccnc21)[C@H](n1cnc2c(=O)[nH]c(N)nc21)O3.C[C@]1(F)C2OP(=O)(O)OC[C@H]3OC(n4cnc5c(=O)[nH]c(N)nc54)C(OP(=O)(O)OC[C@H]2OC1n1cnc2c(N)ccnc21)C3F.Nc1nc2c(ncn2[C@@H]2OC3COP(=O)(O)O[C@@H]4C(COP(=O)(O)O[C@@H]2[C@@H]3O)O[C@@H](n2cnc3c(N)ccnc32)[C@@H]4O)c(=O)[nH]1. The van der Waals surface area contributed by atoms with Crippen LogP contribution in [-0.2, 0) is 110 Å². The van der Waals surface area contributed by atoms with Crippen LogP contribution in [0.2, 0.25) is 0 Å². The number of hydrogen-bond donors (Lipinski definition) is 17. The minimum absolute atomic E-state index is 0.0166. The van der Waals surface area contributed by atoms with Crippen LogP contribution in [0, 0.1) is 5.92 Å². The number of aromatic nitrogens is 21. The molecule has 13 unspecified atom stereocenters. The number of aliphatic hydroxyl groups is 2. The number of alkyl halides is 2. The van der Waals surface area contributed by atoms with Crippen LogP contribution < -0.4 is 51.1 Å². The number of nitrogens with one attached hydrogen (secondary N) is 3. The van der Waals surface area contributed by atoms with Crippen molar-refractivity contribution in [3.8, 4) is 0 Å². The molecule has 0 amide bonds. The van der Waals surface area contributed by atoms with E-state index < -0.39 is 244 Å². The molecule has 23 N–H and O–H groups in total. The van der Waals surface area contributed by atoms with Crippen LogP contribution >= 0.6 is 46.9 Å². The number of aliphatic hydroxyl groups excluding tert-OH is 2. The summed E-state index contributed by atoms with van der Waals surface area (Å²) in [5.74, 6) is -1.43. The van der Waals surface area contributed by atoms with Gasteiger partial charge in [-0.25, -0.2) is 81.0 Å². The first-order valence-corrected chi connectivity index (χ1v) is 48.8. The van der Waals surface area contributed by atoms with Gasteiger partial charge in [0.05, 0.1) is 101 Å². The summed E-state index contributed by atoms with van der Waals surface area (Å²) >= 11 is 0. The van der Waals surface area contributed by atoms with Crippen LogP contribution in [0.1, 0.15) is 57.6 Å². The summed E-state index contributed by atoms with van der Waals surface area (Å²) in [6.07, 6.45) is -20.5. The van der Waals surface area contributed by atoms with Gasteiger partial charge in [0.2, 0.25) is 17.8 Å². The van der Waals surface area contributed by atoms with Gasteiger partial charge in [-0.3, -0.25) is 111 Å². The van der Waals surface area contributed by atoms with Crippen LogP contribution in [0.4, 0.5) is 43.7 Å². The van der Waals surface area contributed by atoms with E-state index in [9.17, 15) is 81.3 Å². The van der Waals surface area contributed by atoms with Crippen LogP contribution in [0.5, 0.6) is 0 Å². The summed E-state index contributed by atoms with van der Waals surface area (Å²) < 4.78 is 217. The summed E-state index contributed by atoms with van der Waals surface area (Å²) in [6.45, 7) is -1.94. The number of nitrogen functional groups attached to an aromatic ring is 6. The highest BCUT2D eigenvalue weighted by atomic mass is 31.2. The fourth-order valence-corrected chi connectivity index (χ4v) is 22.5. The third-order valence-corrected chi connectivity index (χ3v) is 28.7. The zero-order valence-corrected chi connectivity index (χ0v) is 74.0. The normalized spacial score (nSPS) is 37.7. The second kappa shape index (κ2) is 35.1. The minimum atomic E-state index is -5.25. The average Bonchev–Trinajstić information content (AvgIpc) is 1.58. The number of aromatic amines is 3.